The zero-order valence-corrected chi connectivity index (χ0v) is 39.3. The van der Waals surface area contributed by atoms with E-state index in [4.69, 9.17) is 18.9 Å². The molecule has 0 fully saturated rings. The zero-order valence-electron chi connectivity index (χ0n) is 35.2. The largest absolute Gasteiger partial charge is 0.488 e. The van der Waals surface area contributed by atoms with Crippen molar-refractivity contribution in [2.75, 3.05) is 0 Å². The van der Waals surface area contributed by atoms with Gasteiger partial charge in [-0.3, -0.25) is 0 Å². The molecule has 0 spiro atoms. The second kappa shape index (κ2) is 17.4. The number of benzene rings is 4. The van der Waals surface area contributed by atoms with E-state index in [2.05, 4.69) is 204 Å². The van der Waals surface area contributed by atoms with Gasteiger partial charge in [0, 0.05) is 12.1 Å². The average Bonchev–Trinajstić information content (AvgIpc) is 3.75. The van der Waals surface area contributed by atoms with Crippen LogP contribution in [-0.2, 0) is 21.8 Å². The third kappa shape index (κ3) is 12.8. The molecule has 6 aromatic rings. The molecule has 0 N–H and O–H groups in total. The molecule has 0 unspecified atom stereocenters. The van der Waals surface area contributed by atoms with Crippen molar-refractivity contribution in [3.05, 3.63) is 121 Å². The van der Waals surface area contributed by atoms with E-state index in [-0.39, 0.29) is 44.2 Å². The summed E-state index contributed by atoms with van der Waals surface area (Å²) in [5, 5.41) is 0. The second-order valence-electron chi connectivity index (χ2n) is 17.6. The van der Waals surface area contributed by atoms with Gasteiger partial charge in [-0.25, -0.2) is 0 Å². The minimum absolute atomic E-state index is 0.258. The lowest BCUT2D eigenvalue weighted by molar-refractivity contribution is 0.130. The van der Waals surface area contributed by atoms with Gasteiger partial charge in [-0.1, -0.05) is 34.4 Å². The fraction of sp³-hybridized carbons (Fsp3) is 0.333. The first-order valence-electron chi connectivity index (χ1n) is 19.2. The van der Waals surface area contributed by atoms with E-state index in [1.807, 2.05) is 34.4 Å². The van der Waals surface area contributed by atoms with Gasteiger partial charge in [-0.2, -0.15) is 0 Å². The molecular weight excluding hydrogens is 801 g/mol. The van der Waals surface area contributed by atoms with Gasteiger partial charge in [-0.05, 0) is 192 Å². The Morgan fingerprint density at radius 3 is 0.772 bits per heavy atom. The van der Waals surface area contributed by atoms with Crippen molar-refractivity contribution in [1.29, 1.82) is 0 Å². The van der Waals surface area contributed by atoms with Crippen molar-refractivity contribution in [1.82, 2.24) is 0 Å². The third-order valence-electron chi connectivity index (χ3n) is 7.65. The van der Waals surface area contributed by atoms with Crippen molar-refractivity contribution in [3.8, 4) is 23.0 Å². The van der Waals surface area contributed by atoms with Gasteiger partial charge >= 0.3 is 0 Å². The van der Waals surface area contributed by atoms with Gasteiger partial charge < -0.3 is 18.9 Å². The lowest BCUT2D eigenvalue weighted by Gasteiger charge is -2.21. The van der Waals surface area contributed by atoms with Crippen molar-refractivity contribution in [3.63, 3.8) is 0 Å². The van der Waals surface area contributed by atoms with Gasteiger partial charge in [0.05, 0.1) is 8.42 Å². The average molecular weight is 857 g/mol. The van der Waals surface area contributed by atoms with Gasteiger partial charge in [0.15, 0.2) is 19.6 Å². The summed E-state index contributed by atoms with van der Waals surface area (Å²) in [4.78, 5) is 5.00. The summed E-state index contributed by atoms with van der Waals surface area (Å²) < 4.78 is 29.9. The maximum Gasteiger partial charge on any atom is 0.221 e. The Morgan fingerprint density at radius 1 is 0.333 bits per heavy atom. The van der Waals surface area contributed by atoms with E-state index in [1.54, 1.807) is 0 Å². The van der Waals surface area contributed by atoms with Crippen molar-refractivity contribution < 1.29 is 18.9 Å². The van der Waals surface area contributed by atoms with Gasteiger partial charge in [0.25, 0.3) is 0 Å². The molecule has 0 saturated heterocycles. The van der Waals surface area contributed by atoms with Crippen LogP contribution in [0.15, 0.2) is 158 Å². The highest BCUT2D eigenvalue weighted by Crippen LogP contribution is 2.45. The highest BCUT2D eigenvalue weighted by Gasteiger charge is 2.34. The zero-order chi connectivity index (χ0) is 41.2. The summed E-state index contributed by atoms with van der Waals surface area (Å²) in [6.07, 6.45) is 0. The Morgan fingerprint density at radius 2 is 0.561 bits per heavy atom. The van der Waals surface area contributed by atoms with Crippen LogP contribution in [0.1, 0.15) is 83.1 Å². The molecule has 2 aromatic heterocycles. The second-order valence-corrected chi connectivity index (χ2v) is 25.9. The lowest BCUT2D eigenvalue weighted by atomic mass is 10.2. The van der Waals surface area contributed by atoms with Crippen LogP contribution in [0, 0.1) is 0 Å². The standard InChI is InChI=1S/C48H56O4S5/c1-45(2,3)49-33-13-21-37(22-14-33)56(38-23-15-34(16-24-38)50-46(4,5)6)43-31-29-41(54-43)53-42-30-32-44(55-42)57(39-25-17-35(18-26-39)51-47(7,8)9)40-27-19-36(20-28-40)52-48(10,11)12/h13-32H,1-12H3/q+2. The SMILES string of the molecule is CC(C)(C)Oc1ccc([S+](c2ccc(OC(C)(C)C)cc2)c2ccc(Sc3ccc([S+](c4ccc(OC(C)(C)C)cc4)c4ccc(OC(C)(C)C)cc4)s3)s2)cc1. The Labute approximate surface area is 359 Å². The normalized spacial score (nSPS) is 12.6. The van der Waals surface area contributed by atoms with Crippen LogP contribution in [0.2, 0.25) is 0 Å². The van der Waals surface area contributed by atoms with Gasteiger partial charge in [0.1, 0.15) is 67.2 Å². The first kappa shape index (κ1) is 43.1. The number of hydrogen-bond donors (Lipinski definition) is 0. The molecule has 6 rings (SSSR count). The molecule has 300 valence electrons. The Kier molecular flexibility index (Phi) is 13.2. The minimum Gasteiger partial charge on any atom is -0.488 e. The number of hydrogen-bond acceptors (Lipinski definition) is 7. The van der Waals surface area contributed by atoms with Crippen molar-refractivity contribution in [2.24, 2.45) is 0 Å². The van der Waals surface area contributed by atoms with E-state index in [0.717, 1.165) is 23.0 Å². The molecule has 0 aliphatic carbocycles. The molecule has 4 aromatic carbocycles. The molecular formula is C48H56O4S5+2. The molecule has 57 heavy (non-hydrogen) atoms. The molecule has 0 amide bonds. The number of rotatable bonds is 12. The quantitative estimate of drug-likeness (QED) is 0.115. The minimum atomic E-state index is -0.306. The molecule has 0 aliphatic rings. The van der Waals surface area contributed by atoms with E-state index >= 15 is 0 Å². The predicted octanol–water partition coefficient (Wildman–Crippen LogP) is 14.9. The first-order chi connectivity index (χ1) is 26.7. The molecule has 9 heteroatoms. The highest BCUT2D eigenvalue weighted by atomic mass is 32.2. The molecule has 0 saturated carbocycles. The molecule has 2 heterocycles. The Balaban J connectivity index is 1.29. The van der Waals surface area contributed by atoms with E-state index in [0.29, 0.717) is 0 Å². The summed E-state index contributed by atoms with van der Waals surface area (Å²) in [6, 6.07) is 43.7. The monoisotopic (exact) mass is 856 g/mol. The van der Waals surface area contributed by atoms with Crippen LogP contribution in [0.3, 0.4) is 0 Å². The van der Waals surface area contributed by atoms with Gasteiger partial charge in [0.2, 0.25) is 8.42 Å². The summed E-state index contributed by atoms with van der Waals surface area (Å²) in [5.41, 5.74) is -1.03. The van der Waals surface area contributed by atoms with Gasteiger partial charge in [-0.15, -0.1) is 0 Å². The summed E-state index contributed by atoms with van der Waals surface area (Å²) >= 11 is 5.59. The first-order valence-corrected chi connectivity index (χ1v) is 24.1. The number of ether oxygens (including phenoxy) is 4. The fourth-order valence-corrected chi connectivity index (χ4v) is 14.9. The summed E-state index contributed by atoms with van der Waals surface area (Å²) in [6.45, 7) is 25.0. The summed E-state index contributed by atoms with van der Waals surface area (Å²) in [5.74, 6) is 3.51. The maximum absolute atomic E-state index is 6.18. The third-order valence-corrected chi connectivity index (χ3v) is 16.2. The van der Waals surface area contributed by atoms with Crippen LogP contribution in [-0.4, -0.2) is 22.4 Å². The van der Waals surface area contributed by atoms with Crippen LogP contribution in [0.5, 0.6) is 23.0 Å². The topological polar surface area (TPSA) is 36.9 Å². The fourth-order valence-electron chi connectivity index (χ4n) is 5.76. The lowest BCUT2D eigenvalue weighted by Crippen LogP contribution is -2.23. The molecule has 0 atom stereocenters. The summed E-state index contributed by atoms with van der Waals surface area (Å²) in [7, 11) is -0.611. The van der Waals surface area contributed by atoms with E-state index < -0.39 is 0 Å². The van der Waals surface area contributed by atoms with Crippen molar-refractivity contribution >= 4 is 56.2 Å². The molecule has 0 bridgehead atoms. The highest BCUT2D eigenvalue weighted by molar-refractivity contribution is 8.04. The van der Waals surface area contributed by atoms with Crippen LogP contribution < -0.4 is 18.9 Å². The van der Waals surface area contributed by atoms with Crippen LogP contribution >= 0.6 is 34.4 Å². The maximum atomic E-state index is 6.18. The van der Waals surface area contributed by atoms with E-state index in [1.165, 1.54) is 36.4 Å². The van der Waals surface area contributed by atoms with Crippen LogP contribution in [0.25, 0.3) is 0 Å². The number of thiophene rings is 2. The predicted molar refractivity (Wildman–Crippen MR) is 244 cm³/mol. The molecule has 0 aliphatic heterocycles. The van der Waals surface area contributed by atoms with Crippen molar-refractivity contribution in [2.45, 2.75) is 142 Å². The van der Waals surface area contributed by atoms with E-state index in [9.17, 15) is 0 Å². The molecule has 0 radical (unpaired) electrons. The Bertz CT molecular complexity index is 1910. The molecule has 4 nitrogen and oxygen atoms in total. The Hall–Kier alpha value is -3.47. The smallest absolute Gasteiger partial charge is 0.221 e. The van der Waals surface area contributed by atoms with Crippen LogP contribution in [0.4, 0.5) is 0 Å².